The van der Waals surface area contributed by atoms with Gasteiger partial charge in [0.25, 0.3) is 5.91 Å². The minimum Gasteiger partial charge on any atom is -0.339 e. The lowest BCUT2D eigenvalue weighted by Gasteiger charge is -2.14. The van der Waals surface area contributed by atoms with E-state index < -0.39 is 0 Å². The molecule has 0 fully saturated rings. The molecule has 0 unspecified atom stereocenters. The number of hydrogen-bond donors (Lipinski definition) is 2. The van der Waals surface area contributed by atoms with Gasteiger partial charge in [-0.2, -0.15) is 5.26 Å². The third-order valence-electron chi connectivity index (χ3n) is 4.39. The van der Waals surface area contributed by atoms with Crippen molar-refractivity contribution < 1.29 is 4.79 Å². The second-order valence-electron chi connectivity index (χ2n) is 6.22. The monoisotopic (exact) mass is 371 g/mol. The van der Waals surface area contributed by atoms with Crippen molar-refractivity contribution in [3.05, 3.63) is 77.2 Å². The average Bonchev–Trinajstić information content (AvgIpc) is 2.74. The molecule has 0 radical (unpaired) electrons. The van der Waals surface area contributed by atoms with E-state index in [4.69, 9.17) is 5.26 Å². The largest absolute Gasteiger partial charge is 0.339 e. The van der Waals surface area contributed by atoms with Gasteiger partial charge in [0, 0.05) is 11.4 Å². The lowest BCUT2D eigenvalue weighted by atomic mass is 10.0. The van der Waals surface area contributed by atoms with Crippen LogP contribution in [0.4, 0.5) is 17.2 Å². The Morgan fingerprint density at radius 2 is 1.75 bits per heavy atom. The summed E-state index contributed by atoms with van der Waals surface area (Å²) < 4.78 is 0. The molecule has 0 atom stereocenters. The summed E-state index contributed by atoms with van der Waals surface area (Å²) in [5.74, 6) is 0.205. The van der Waals surface area contributed by atoms with Gasteiger partial charge in [-0.05, 0) is 42.2 Å². The Morgan fingerprint density at radius 3 is 2.36 bits per heavy atom. The van der Waals surface area contributed by atoms with Crippen LogP contribution < -0.4 is 10.6 Å². The van der Waals surface area contributed by atoms with Crippen LogP contribution in [0.15, 0.2) is 54.9 Å². The maximum Gasteiger partial charge on any atom is 0.275 e. The summed E-state index contributed by atoms with van der Waals surface area (Å²) in [6.45, 7) is 4.12. The highest BCUT2D eigenvalue weighted by atomic mass is 16.1. The smallest absolute Gasteiger partial charge is 0.275 e. The highest BCUT2D eigenvalue weighted by molar-refractivity contribution is 6.03. The fraction of sp³-hybridized carbons (Fsp3) is 0.182. The number of anilines is 3. The molecule has 1 aromatic heterocycles. The number of amides is 1. The van der Waals surface area contributed by atoms with Crippen LogP contribution in [0.5, 0.6) is 0 Å². The minimum absolute atomic E-state index is 0.240. The Labute approximate surface area is 164 Å². The Balaban J connectivity index is 1.75. The zero-order valence-corrected chi connectivity index (χ0v) is 15.9. The van der Waals surface area contributed by atoms with Crippen molar-refractivity contribution in [2.24, 2.45) is 0 Å². The Kier molecular flexibility index (Phi) is 5.97. The topological polar surface area (TPSA) is 90.7 Å². The molecular weight excluding hydrogens is 350 g/mol. The van der Waals surface area contributed by atoms with Gasteiger partial charge in [0.2, 0.25) is 0 Å². The number of para-hydroxylation sites is 1. The van der Waals surface area contributed by atoms with Crippen molar-refractivity contribution in [3.63, 3.8) is 0 Å². The van der Waals surface area contributed by atoms with E-state index >= 15 is 0 Å². The third-order valence-corrected chi connectivity index (χ3v) is 4.39. The minimum atomic E-state index is -0.291. The quantitative estimate of drug-likeness (QED) is 0.667. The first kappa shape index (κ1) is 19.1. The zero-order valence-electron chi connectivity index (χ0n) is 15.9. The molecular formula is C22H21N5O. The molecule has 0 aliphatic rings. The second-order valence-corrected chi connectivity index (χ2v) is 6.22. The highest BCUT2D eigenvalue weighted by Crippen LogP contribution is 2.23. The fourth-order valence-electron chi connectivity index (χ4n) is 2.90. The summed E-state index contributed by atoms with van der Waals surface area (Å²) in [5, 5.41) is 15.0. The van der Waals surface area contributed by atoms with Gasteiger partial charge in [-0.3, -0.25) is 4.79 Å². The number of benzene rings is 2. The van der Waals surface area contributed by atoms with E-state index in [0.717, 1.165) is 35.3 Å². The molecule has 0 aliphatic carbocycles. The van der Waals surface area contributed by atoms with Gasteiger partial charge in [-0.25, -0.2) is 9.97 Å². The standard InChI is InChI=1S/C22H21N5O/c1-3-16-8-6-9-17(4-2)21(16)27-22(28)19-13-25-20(14-24-19)26-18-10-5-7-15(11-18)12-23/h5-11,13-14H,3-4H2,1-2H3,(H,25,26)(H,27,28). The van der Waals surface area contributed by atoms with Gasteiger partial charge < -0.3 is 10.6 Å². The predicted octanol–water partition coefficient (Wildman–Crippen LogP) is 4.47. The summed E-state index contributed by atoms with van der Waals surface area (Å²) in [5.41, 5.74) is 4.57. The lowest BCUT2D eigenvalue weighted by Crippen LogP contribution is -2.16. The molecule has 2 aromatic carbocycles. The van der Waals surface area contributed by atoms with E-state index in [2.05, 4.69) is 40.5 Å². The maximum absolute atomic E-state index is 12.6. The molecule has 0 bridgehead atoms. The average molecular weight is 371 g/mol. The second kappa shape index (κ2) is 8.78. The summed E-state index contributed by atoms with van der Waals surface area (Å²) in [4.78, 5) is 21.1. The number of nitrogens with zero attached hydrogens (tertiary/aromatic N) is 3. The first-order valence-electron chi connectivity index (χ1n) is 9.16. The number of nitrogens with one attached hydrogen (secondary N) is 2. The van der Waals surface area contributed by atoms with Crippen LogP contribution in [0.25, 0.3) is 0 Å². The molecule has 2 N–H and O–H groups in total. The van der Waals surface area contributed by atoms with Crippen LogP contribution in [0.1, 0.15) is 41.0 Å². The number of carbonyl (C=O) groups is 1. The molecule has 6 heteroatoms. The van der Waals surface area contributed by atoms with Crippen LogP contribution in [0.2, 0.25) is 0 Å². The van der Waals surface area contributed by atoms with E-state index in [0.29, 0.717) is 11.4 Å². The van der Waals surface area contributed by atoms with Crippen molar-refractivity contribution in [2.75, 3.05) is 10.6 Å². The SMILES string of the molecule is CCc1cccc(CC)c1NC(=O)c1cnc(Nc2cccc(C#N)c2)cn1. The van der Waals surface area contributed by atoms with Crippen molar-refractivity contribution in [1.82, 2.24) is 9.97 Å². The van der Waals surface area contributed by atoms with E-state index in [-0.39, 0.29) is 11.6 Å². The summed E-state index contributed by atoms with van der Waals surface area (Å²) >= 11 is 0. The third kappa shape index (κ3) is 4.33. The van der Waals surface area contributed by atoms with Crippen LogP contribution in [0.3, 0.4) is 0 Å². The van der Waals surface area contributed by atoms with E-state index in [1.54, 1.807) is 18.2 Å². The number of hydrogen-bond acceptors (Lipinski definition) is 5. The zero-order chi connectivity index (χ0) is 19.9. The molecule has 140 valence electrons. The number of nitriles is 1. The molecule has 0 saturated carbocycles. The van der Waals surface area contributed by atoms with Crippen molar-refractivity contribution in [1.29, 1.82) is 5.26 Å². The number of aromatic nitrogens is 2. The Bertz CT molecular complexity index is 1000. The highest BCUT2D eigenvalue weighted by Gasteiger charge is 2.13. The number of aryl methyl sites for hydroxylation is 2. The van der Waals surface area contributed by atoms with Gasteiger partial charge in [-0.15, -0.1) is 0 Å². The van der Waals surface area contributed by atoms with Crippen molar-refractivity contribution in [3.8, 4) is 6.07 Å². The molecule has 6 nitrogen and oxygen atoms in total. The predicted molar refractivity (Wildman–Crippen MR) is 110 cm³/mol. The van der Waals surface area contributed by atoms with E-state index in [1.165, 1.54) is 12.4 Å². The summed E-state index contributed by atoms with van der Waals surface area (Å²) in [6, 6.07) is 15.2. The fourth-order valence-corrected chi connectivity index (χ4v) is 2.90. The molecule has 28 heavy (non-hydrogen) atoms. The first-order valence-corrected chi connectivity index (χ1v) is 9.16. The van der Waals surface area contributed by atoms with Gasteiger partial charge >= 0.3 is 0 Å². The summed E-state index contributed by atoms with van der Waals surface area (Å²) in [6.07, 6.45) is 4.60. The molecule has 0 aliphatic heterocycles. The van der Waals surface area contributed by atoms with Gasteiger partial charge in [0.05, 0.1) is 24.0 Å². The molecule has 1 heterocycles. The Hall–Kier alpha value is -3.72. The van der Waals surface area contributed by atoms with Crippen LogP contribution in [-0.2, 0) is 12.8 Å². The van der Waals surface area contributed by atoms with Gasteiger partial charge in [0.1, 0.15) is 11.5 Å². The molecule has 3 rings (SSSR count). The van der Waals surface area contributed by atoms with Gasteiger partial charge in [-0.1, -0.05) is 38.1 Å². The van der Waals surface area contributed by atoms with E-state index in [9.17, 15) is 4.79 Å². The van der Waals surface area contributed by atoms with Gasteiger partial charge in [0.15, 0.2) is 0 Å². The maximum atomic E-state index is 12.6. The summed E-state index contributed by atoms with van der Waals surface area (Å²) in [7, 11) is 0. The lowest BCUT2D eigenvalue weighted by molar-refractivity contribution is 0.102. The molecule has 0 saturated heterocycles. The van der Waals surface area contributed by atoms with Crippen LogP contribution in [-0.4, -0.2) is 15.9 Å². The molecule has 3 aromatic rings. The van der Waals surface area contributed by atoms with Crippen LogP contribution >= 0.6 is 0 Å². The normalized spacial score (nSPS) is 10.2. The number of carbonyl (C=O) groups excluding carboxylic acids is 1. The number of rotatable bonds is 6. The van der Waals surface area contributed by atoms with E-state index in [1.807, 2.05) is 24.3 Å². The van der Waals surface area contributed by atoms with Crippen molar-refractivity contribution in [2.45, 2.75) is 26.7 Å². The first-order chi connectivity index (χ1) is 13.6. The Morgan fingerprint density at radius 1 is 1.04 bits per heavy atom. The molecule has 0 spiro atoms. The molecule has 1 amide bonds. The van der Waals surface area contributed by atoms with Crippen molar-refractivity contribution >= 4 is 23.1 Å². The van der Waals surface area contributed by atoms with Crippen LogP contribution in [0, 0.1) is 11.3 Å².